The van der Waals surface area contributed by atoms with Crippen LogP contribution in [0.1, 0.15) is 19.3 Å². The first-order valence-electron chi connectivity index (χ1n) is 9.13. The fourth-order valence-corrected chi connectivity index (χ4v) is 6.67. The zero-order chi connectivity index (χ0) is 17.3. The summed E-state index contributed by atoms with van der Waals surface area (Å²) in [6, 6.07) is 8.41. The zero-order valence-corrected chi connectivity index (χ0v) is 14.0. The lowest BCUT2D eigenvalue weighted by Gasteiger charge is -2.39. The van der Waals surface area contributed by atoms with E-state index in [-0.39, 0.29) is 17.0 Å². The Hall–Kier alpha value is -2.67. The van der Waals surface area contributed by atoms with Gasteiger partial charge in [0.2, 0.25) is 5.95 Å². The average Bonchev–Trinajstić information content (AvgIpc) is 3.10. The number of hydrogen-bond acceptors (Lipinski definition) is 6. The van der Waals surface area contributed by atoms with Gasteiger partial charge in [0.25, 0.3) is 0 Å². The van der Waals surface area contributed by atoms with Crippen molar-refractivity contribution in [1.82, 2.24) is 20.2 Å². The summed E-state index contributed by atoms with van der Waals surface area (Å²) in [7, 11) is 0. The summed E-state index contributed by atoms with van der Waals surface area (Å²) in [5, 5.41) is 22.1. The van der Waals surface area contributed by atoms with Crippen LogP contribution in [0.2, 0.25) is 0 Å². The normalized spacial score (nSPS) is 40.7. The van der Waals surface area contributed by atoms with Crippen LogP contribution < -0.4 is 11.1 Å². The molecule has 1 unspecified atom stereocenters. The van der Waals surface area contributed by atoms with Gasteiger partial charge < -0.3 is 16.2 Å². The van der Waals surface area contributed by atoms with Crippen LogP contribution in [0.25, 0.3) is 22.2 Å². The zero-order valence-electron chi connectivity index (χ0n) is 14.0. The summed E-state index contributed by atoms with van der Waals surface area (Å²) in [6.07, 6.45) is 4.89. The van der Waals surface area contributed by atoms with Gasteiger partial charge in [-0.2, -0.15) is 10.1 Å². The summed E-state index contributed by atoms with van der Waals surface area (Å²) in [5.41, 5.74) is 9.00. The fraction of sp³-hybridized carbons (Fsp3) is 0.421. The molecule has 2 heterocycles. The van der Waals surface area contributed by atoms with E-state index >= 15 is 0 Å². The molecular weight excluding hydrogens is 328 g/mol. The number of hydrogen-bond donors (Lipinski definition) is 4. The molecule has 1 aromatic carbocycles. The van der Waals surface area contributed by atoms with Crippen LogP contribution in [0.15, 0.2) is 30.5 Å². The number of nitrogens with two attached hydrogens (primary N) is 1. The van der Waals surface area contributed by atoms with Crippen LogP contribution in [0.5, 0.6) is 0 Å². The van der Waals surface area contributed by atoms with Gasteiger partial charge in [0.15, 0.2) is 0 Å². The third-order valence-corrected chi connectivity index (χ3v) is 7.78. The van der Waals surface area contributed by atoms with Crippen LogP contribution in [0, 0.1) is 16.7 Å². The number of aromatic amines is 1. The molecular formula is C19H18N6O. The summed E-state index contributed by atoms with van der Waals surface area (Å²) < 4.78 is 0. The molecule has 7 nitrogen and oxygen atoms in total. The molecule has 1 spiro atoms. The van der Waals surface area contributed by atoms with Gasteiger partial charge >= 0.3 is 0 Å². The van der Waals surface area contributed by atoms with Crippen LogP contribution in [-0.2, 0) is 0 Å². The molecule has 0 radical (unpaired) electrons. The fourth-order valence-electron chi connectivity index (χ4n) is 6.67. The lowest BCUT2D eigenvalue weighted by Crippen LogP contribution is -2.45. The van der Waals surface area contributed by atoms with E-state index in [1.165, 1.54) is 6.42 Å². The molecule has 4 saturated carbocycles. The Bertz CT molecular complexity index is 1110. The van der Waals surface area contributed by atoms with Crippen molar-refractivity contribution in [3.8, 4) is 11.3 Å². The summed E-state index contributed by atoms with van der Waals surface area (Å²) in [4.78, 5) is 8.91. The van der Waals surface area contributed by atoms with Crippen molar-refractivity contribution < 1.29 is 5.11 Å². The van der Waals surface area contributed by atoms with Crippen molar-refractivity contribution in [3.63, 3.8) is 0 Å². The van der Waals surface area contributed by atoms with E-state index in [0.29, 0.717) is 17.4 Å². The van der Waals surface area contributed by atoms with Crippen LogP contribution in [-0.4, -0.2) is 36.9 Å². The summed E-state index contributed by atoms with van der Waals surface area (Å²) in [6.45, 7) is 0. The van der Waals surface area contributed by atoms with Crippen LogP contribution in [0.4, 0.5) is 11.8 Å². The van der Waals surface area contributed by atoms with E-state index in [1.807, 2.05) is 24.3 Å². The number of rotatable bonds is 3. The Morgan fingerprint density at radius 1 is 1.23 bits per heavy atom. The highest BCUT2D eigenvalue weighted by Gasteiger charge is 3.06. The molecule has 0 bridgehead atoms. The number of aliphatic hydroxyl groups is 1. The highest BCUT2D eigenvalue weighted by molar-refractivity contribution is 5.93. The van der Waals surface area contributed by atoms with Crippen molar-refractivity contribution in [2.45, 2.75) is 30.9 Å². The molecule has 130 valence electrons. The van der Waals surface area contributed by atoms with E-state index in [4.69, 9.17) is 5.73 Å². The Morgan fingerprint density at radius 2 is 2.15 bits per heavy atom. The molecule has 4 fully saturated rings. The van der Waals surface area contributed by atoms with Crippen molar-refractivity contribution in [3.05, 3.63) is 30.5 Å². The first-order chi connectivity index (χ1) is 12.6. The molecule has 5 atom stereocenters. The first kappa shape index (κ1) is 13.5. The molecule has 7 heteroatoms. The maximum Gasteiger partial charge on any atom is 0.222 e. The number of nitrogens with one attached hydrogen (secondary N) is 2. The highest BCUT2D eigenvalue weighted by Crippen LogP contribution is 3.04. The molecule has 4 aliphatic rings. The molecule has 0 amide bonds. The van der Waals surface area contributed by atoms with Gasteiger partial charge in [0, 0.05) is 34.0 Å². The Labute approximate surface area is 149 Å². The van der Waals surface area contributed by atoms with Gasteiger partial charge in [0.1, 0.15) is 5.82 Å². The second-order valence-electron chi connectivity index (χ2n) is 8.52. The number of nitrogens with zero attached hydrogens (tertiary/aromatic N) is 3. The SMILES string of the molecule is Nc1nc(N[C@H]2C[C@H]3[C@@]4(O)CC25C[C@@]354)c2ccc(-c3ccn[nH]3)cc2n1. The first-order valence-corrected chi connectivity index (χ1v) is 9.13. The number of fused-ring (bicyclic) bond motifs is 2. The van der Waals surface area contributed by atoms with E-state index < -0.39 is 0 Å². The van der Waals surface area contributed by atoms with Gasteiger partial charge in [-0.05, 0) is 43.4 Å². The van der Waals surface area contributed by atoms with E-state index in [0.717, 1.165) is 40.8 Å². The van der Waals surface area contributed by atoms with Gasteiger partial charge in [0.05, 0.1) is 16.8 Å². The highest BCUT2D eigenvalue weighted by atomic mass is 16.3. The monoisotopic (exact) mass is 346 g/mol. The smallest absolute Gasteiger partial charge is 0.222 e. The predicted molar refractivity (Wildman–Crippen MR) is 96.1 cm³/mol. The predicted octanol–water partition coefficient (Wildman–Crippen LogP) is 1.93. The van der Waals surface area contributed by atoms with Gasteiger partial charge in [-0.25, -0.2) is 4.98 Å². The molecule has 2 aromatic heterocycles. The Kier molecular flexibility index (Phi) is 1.93. The maximum atomic E-state index is 10.5. The van der Waals surface area contributed by atoms with Gasteiger partial charge in [-0.1, -0.05) is 6.07 Å². The number of benzene rings is 1. The van der Waals surface area contributed by atoms with Crippen molar-refractivity contribution in [2.75, 3.05) is 11.1 Å². The second kappa shape index (κ2) is 3.71. The van der Waals surface area contributed by atoms with Gasteiger partial charge in [-0.3, -0.25) is 5.10 Å². The van der Waals surface area contributed by atoms with Crippen molar-refractivity contribution >= 4 is 22.7 Å². The molecule has 0 aliphatic heterocycles. The van der Waals surface area contributed by atoms with Crippen LogP contribution in [0.3, 0.4) is 0 Å². The van der Waals surface area contributed by atoms with Crippen molar-refractivity contribution in [1.29, 1.82) is 0 Å². The molecule has 0 saturated heterocycles. The number of H-pyrrole nitrogens is 1. The lowest BCUT2D eigenvalue weighted by molar-refractivity contribution is -0.00305. The number of anilines is 2. The summed E-state index contributed by atoms with van der Waals surface area (Å²) in [5.74, 6) is 1.57. The third kappa shape index (κ3) is 1.21. The van der Waals surface area contributed by atoms with Gasteiger partial charge in [-0.15, -0.1) is 0 Å². The minimum atomic E-state index is -0.322. The molecule has 4 aliphatic carbocycles. The molecule has 3 aromatic rings. The average molecular weight is 346 g/mol. The minimum absolute atomic E-state index is 0.250. The maximum absolute atomic E-state index is 10.5. The Balaban J connectivity index is 1.28. The quantitative estimate of drug-likeness (QED) is 0.576. The molecule has 7 rings (SSSR count). The minimum Gasteiger partial charge on any atom is -0.389 e. The standard InChI is InChI=1S/C19H18N6O/c20-16-22-12-5-9(11-3-4-21-25-11)1-2-10(12)15(24-16)23-14-6-13-18-7-17(14,18)8-19(13,18)26/h1-5,13-14,26H,6-8H2,(H,21,25)(H3,20,22,23,24)/t13-,14+,17?,18-,19+/m1/s1. The summed E-state index contributed by atoms with van der Waals surface area (Å²) >= 11 is 0. The topological polar surface area (TPSA) is 113 Å². The Morgan fingerprint density at radius 3 is 2.85 bits per heavy atom. The largest absolute Gasteiger partial charge is 0.389 e. The molecule has 5 N–H and O–H groups in total. The third-order valence-electron chi connectivity index (χ3n) is 7.78. The lowest BCUT2D eigenvalue weighted by atomic mass is 9.74. The number of nitrogen functional groups attached to an aromatic ring is 1. The van der Waals surface area contributed by atoms with E-state index in [9.17, 15) is 5.11 Å². The molecule has 26 heavy (non-hydrogen) atoms. The second-order valence-corrected chi connectivity index (χ2v) is 8.52. The van der Waals surface area contributed by atoms with E-state index in [1.54, 1.807) is 6.20 Å². The van der Waals surface area contributed by atoms with Crippen LogP contribution >= 0.6 is 0 Å². The van der Waals surface area contributed by atoms with Crippen molar-refractivity contribution in [2.24, 2.45) is 16.7 Å². The van der Waals surface area contributed by atoms with E-state index in [2.05, 4.69) is 25.5 Å². The number of aromatic nitrogens is 4.